The largest absolute Gasteiger partial charge is 0.465 e. The van der Waals surface area contributed by atoms with Crippen LogP contribution in [0.1, 0.15) is 84.5 Å². The number of rotatable bonds is 17. The Bertz CT molecular complexity index is 365. The molecule has 0 rings (SSSR count). The van der Waals surface area contributed by atoms with Gasteiger partial charge in [-0.2, -0.15) is 0 Å². The molecule has 0 fully saturated rings. The molecule has 0 unspecified atom stereocenters. The molecule has 0 heterocycles. The van der Waals surface area contributed by atoms with Crippen molar-refractivity contribution >= 4 is 11.9 Å². The number of ether oxygens (including phenoxy) is 2. The highest BCUT2D eigenvalue weighted by Crippen LogP contribution is 2.18. The molecule has 0 bridgehead atoms. The Kier molecular flexibility index (Phi) is 15.4. The molecular weight excluding hydrogens is 336 g/mol. The van der Waals surface area contributed by atoms with E-state index in [9.17, 15) is 19.8 Å². The predicted octanol–water partition coefficient (Wildman–Crippen LogP) is 3.37. The Hall–Kier alpha value is -1.14. The van der Waals surface area contributed by atoms with Gasteiger partial charge in [0, 0.05) is 12.8 Å². The van der Waals surface area contributed by atoms with Crippen molar-refractivity contribution in [3.8, 4) is 0 Å². The molecule has 0 atom stereocenters. The quantitative estimate of drug-likeness (QED) is 0.299. The first-order chi connectivity index (χ1) is 12.5. The van der Waals surface area contributed by atoms with Crippen LogP contribution in [0, 0.1) is 5.41 Å². The third-order valence-corrected chi connectivity index (χ3v) is 4.47. The topological polar surface area (TPSA) is 93.1 Å². The maximum Gasteiger partial charge on any atom is 0.305 e. The van der Waals surface area contributed by atoms with Crippen LogP contribution in [0.4, 0.5) is 0 Å². The van der Waals surface area contributed by atoms with Crippen LogP contribution < -0.4 is 0 Å². The van der Waals surface area contributed by atoms with Crippen LogP contribution in [-0.2, 0) is 19.1 Å². The Morgan fingerprint density at radius 3 is 1.54 bits per heavy atom. The summed E-state index contributed by atoms with van der Waals surface area (Å²) < 4.78 is 10.4. The molecule has 2 N–H and O–H groups in total. The second-order valence-electron chi connectivity index (χ2n) is 7.11. The van der Waals surface area contributed by atoms with E-state index in [0.29, 0.717) is 12.8 Å². The normalized spacial score (nSPS) is 11.4. The summed E-state index contributed by atoms with van der Waals surface area (Å²) in [5.74, 6) is -0.704. The van der Waals surface area contributed by atoms with Gasteiger partial charge >= 0.3 is 11.9 Å². The van der Waals surface area contributed by atoms with Crippen molar-refractivity contribution in [2.45, 2.75) is 84.5 Å². The molecule has 0 aliphatic rings. The summed E-state index contributed by atoms with van der Waals surface area (Å²) >= 11 is 0. The van der Waals surface area contributed by atoms with E-state index in [0.717, 1.165) is 38.5 Å². The molecule has 0 saturated heterocycles. The van der Waals surface area contributed by atoms with Crippen LogP contribution in [0.25, 0.3) is 0 Å². The van der Waals surface area contributed by atoms with E-state index in [1.165, 1.54) is 19.3 Å². The highest BCUT2D eigenvalue weighted by Gasteiger charge is 2.32. The molecule has 0 saturated carbocycles. The minimum Gasteiger partial charge on any atom is -0.465 e. The maximum absolute atomic E-state index is 11.8. The lowest BCUT2D eigenvalue weighted by Crippen LogP contribution is -2.41. The van der Waals surface area contributed by atoms with Gasteiger partial charge in [0.1, 0.15) is 13.2 Å². The molecule has 6 heteroatoms. The molecule has 0 spiro atoms. The van der Waals surface area contributed by atoms with Crippen LogP contribution in [0.15, 0.2) is 0 Å². The first-order valence-electron chi connectivity index (χ1n) is 10.1. The first-order valence-corrected chi connectivity index (χ1v) is 10.1. The maximum atomic E-state index is 11.8. The Morgan fingerprint density at radius 1 is 0.692 bits per heavy atom. The molecule has 0 radical (unpaired) electrons. The van der Waals surface area contributed by atoms with Crippen LogP contribution in [-0.4, -0.2) is 48.6 Å². The van der Waals surface area contributed by atoms with E-state index in [4.69, 9.17) is 9.47 Å². The van der Waals surface area contributed by atoms with Crippen molar-refractivity contribution in [2.24, 2.45) is 5.41 Å². The second kappa shape index (κ2) is 16.1. The van der Waals surface area contributed by atoms with E-state index >= 15 is 0 Å². The van der Waals surface area contributed by atoms with E-state index in [1.54, 1.807) is 0 Å². The number of carbonyl (C=O) groups is 2. The number of aliphatic hydroxyl groups is 2. The van der Waals surface area contributed by atoms with Crippen molar-refractivity contribution in [2.75, 3.05) is 26.4 Å². The van der Waals surface area contributed by atoms with Gasteiger partial charge in [-0.3, -0.25) is 9.59 Å². The van der Waals surface area contributed by atoms with Crippen molar-refractivity contribution in [1.29, 1.82) is 0 Å². The minimum atomic E-state index is -1.14. The van der Waals surface area contributed by atoms with Gasteiger partial charge in [-0.05, 0) is 12.8 Å². The fourth-order valence-corrected chi connectivity index (χ4v) is 2.45. The summed E-state index contributed by atoms with van der Waals surface area (Å²) in [7, 11) is 0. The molecule has 0 aromatic carbocycles. The Labute approximate surface area is 158 Å². The smallest absolute Gasteiger partial charge is 0.305 e. The van der Waals surface area contributed by atoms with E-state index < -0.39 is 18.6 Å². The standard InChI is InChI=1S/C20H38O6/c1-3-5-7-8-9-11-13-19(24)26-17-20(14-21,15-22)16-25-18(23)12-10-6-4-2/h21-22H,3-17H2,1-2H3. The Morgan fingerprint density at radius 2 is 1.08 bits per heavy atom. The molecule has 0 aromatic rings. The lowest BCUT2D eigenvalue weighted by molar-refractivity contribution is -0.159. The van der Waals surface area contributed by atoms with Gasteiger partial charge in [0.05, 0.1) is 18.6 Å². The zero-order valence-corrected chi connectivity index (χ0v) is 16.6. The number of carbonyl (C=O) groups excluding carboxylic acids is 2. The first kappa shape index (κ1) is 24.9. The average molecular weight is 375 g/mol. The molecule has 0 amide bonds. The van der Waals surface area contributed by atoms with Gasteiger partial charge in [0.2, 0.25) is 0 Å². The summed E-state index contributed by atoms with van der Waals surface area (Å²) in [6.45, 7) is 3.06. The highest BCUT2D eigenvalue weighted by molar-refractivity contribution is 5.69. The third-order valence-electron chi connectivity index (χ3n) is 4.47. The SMILES string of the molecule is CCCCCCCCC(=O)OCC(CO)(CO)COC(=O)CCCCC. The zero-order valence-electron chi connectivity index (χ0n) is 16.6. The fraction of sp³-hybridized carbons (Fsp3) is 0.900. The lowest BCUT2D eigenvalue weighted by Gasteiger charge is -2.28. The number of esters is 2. The van der Waals surface area contributed by atoms with Crippen LogP contribution in [0.5, 0.6) is 0 Å². The number of unbranched alkanes of at least 4 members (excludes halogenated alkanes) is 7. The van der Waals surface area contributed by atoms with Gasteiger partial charge in [-0.1, -0.05) is 58.8 Å². The van der Waals surface area contributed by atoms with Gasteiger partial charge in [0.15, 0.2) is 0 Å². The van der Waals surface area contributed by atoms with Crippen LogP contribution >= 0.6 is 0 Å². The van der Waals surface area contributed by atoms with Crippen LogP contribution in [0.3, 0.4) is 0 Å². The van der Waals surface area contributed by atoms with Crippen molar-refractivity contribution in [1.82, 2.24) is 0 Å². The van der Waals surface area contributed by atoms with E-state index in [2.05, 4.69) is 6.92 Å². The zero-order chi connectivity index (χ0) is 19.7. The monoisotopic (exact) mass is 374 g/mol. The van der Waals surface area contributed by atoms with Gasteiger partial charge in [-0.25, -0.2) is 0 Å². The molecule has 6 nitrogen and oxygen atoms in total. The summed E-state index contributed by atoms with van der Waals surface area (Å²) in [5, 5.41) is 19.1. The van der Waals surface area contributed by atoms with Gasteiger partial charge in [-0.15, -0.1) is 0 Å². The van der Waals surface area contributed by atoms with Crippen LogP contribution in [0.2, 0.25) is 0 Å². The van der Waals surface area contributed by atoms with Crippen molar-refractivity contribution < 1.29 is 29.3 Å². The van der Waals surface area contributed by atoms with E-state index in [-0.39, 0.29) is 25.2 Å². The molecule has 26 heavy (non-hydrogen) atoms. The van der Waals surface area contributed by atoms with Gasteiger partial charge in [0.25, 0.3) is 0 Å². The number of aliphatic hydroxyl groups excluding tert-OH is 2. The molecule has 0 aliphatic heterocycles. The summed E-state index contributed by atoms with van der Waals surface area (Å²) in [4.78, 5) is 23.5. The van der Waals surface area contributed by atoms with Crippen molar-refractivity contribution in [3.63, 3.8) is 0 Å². The molecule has 0 aromatic heterocycles. The minimum absolute atomic E-state index is 0.156. The van der Waals surface area contributed by atoms with E-state index in [1.807, 2.05) is 6.92 Å². The fourth-order valence-electron chi connectivity index (χ4n) is 2.45. The highest BCUT2D eigenvalue weighted by atomic mass is 16.5. The second-order valence-corrected chi connectivity index (χ2v) is 7.11. The lowest BCUT2D eigenvalue weighted by atomic mass is 9.92. The summed E-state index contributed by atoms with van der Waals surface area (Å²) in [5.41, 5.74) is -1.14. The third kappa shape index (κ3) is 12.3. The summed E-state index contributed by atoms with van der Waals surface area (Å²) in [6, 6.07) is 0. The summed E-state index contributed by atoms with van der Waals surface area (Å²) in [6.07, 6.45) is 9.86. The van der Waals surface area contributed by atoms with Gasteiger partial charge < -0.3 is 19.7 Å². The molecular formula is C20H38O6. The predicted molar refractivity (Wildman–Crippen MR) is 101 cm³/mol. The molecule has 154 valence electrons. The number of hydrogen-bond donors (Lipinski definition) is 2. The Balaban J connectivity index is 4.11. The van der Waals surface area contributed by atoms with Crippen molar-refractivity contribution in [3.05, 3.63) is 0 Å². The number of hydrogen-bond acceptors (Lipinski definition) is 6. The molecule has 0 aliphatic carbocycles. The average Bonchev–Trinajstić information content (AvgIpc) is 2.65.